The number of nitriles is 1. The largest absolute Gasteiger partial charge is 0.478 e. The number of anilines is 2. The molecule has 4 N–H and O–H groups in total. The Morgan fingerprint density at radius 2 is 1.56 bits per heavy atom. The van der Waals surface area contributed by atoms with Crippen LogP contribution in [0.15, 0.2) is 65.2 Å². The molecule has 0 heterocycles. The first kappa shape index (κ1) is 19.6. The van der Waals surface area contributed by atoms with Gasteiger partial charge in [-0.25, -0.2) is 4.79 Å². The third-order valence-corrected chi connectivity index (χ3v) is 4.16. The van der Waals surface area contributed by atoms with Crippen LogP contribution >= 0.6 is 0 Å². The topological polar surface area (TPSA) is 157 Å². The molecule has 2 rings (SSSR count). The first-order valence-electron chi connectivity index (χ1n) is 7.30. The van der Waals surface area contributed by atoms with Gasteiger partial charge in [0.15, 0.2) is 0 Å². The molecular weight excluding hydrogens is 374 g/mol. The average molecular weight is 387 g/mol. The number of amides is 1. The molecule has 0 saturated carbocycles. The number of carbonyl (C=O) groups excluding carboxylic acids is 1. The van der Waals surface area contributed by atoms with E-state index in [0.29, 0.717) is 5.69 Å². The number of hydrogen-bond donors (Lipinski definition) is 4. The number of nitrogens with one attached hydrogen (secondary N) is 2. The van der Waals surface area contributed by atoms with Crippen molar-refractivity contribution in [3.63, 3.8) is 0 Å². The van der Waals surface area contributed by atoms with E-state index in [1.54, 1.807) is 6.07 Å². The van der Waals surface area contributed by atoms with Crippen LogP contribution in [0.1, 0.15) is 10.4 Å². The summed E-state index contributed by atoms with van der Waals surface area (Å²) in [6, 6.07) is 12.1. The van der Waals surface area contributed by atoms with Gasteiger partial charge in [0.05, 0.1) is 10.5 Å². The maximum Gasteiger partial charge on any atom is 0.335 e. The summed E-state index contributed by atoms with van der Waals surface area (Å²) in [7, 11) is -4.34. The molecule has 10 heteroatoms. The minimum atomic E-state index is -4.34. The molecule has 138 valence electrons. The van der Waals surface area contributed by atoms with Crippen LogP contribution < -0.4 is 10.6 Å². The van der Waals surface area contributed by atoms with Crippen molar-refractivity contribution in [2.75, 3.05) is 10.6 Å². The van der Waals surface area contributed by atoms with Gasteiger partial charge in [-0.15, -0.1) is 0 Å². The summed E-state index contributed by atoms with van der Waals surface area (Å²) in [4.78, 5) is 22.6. The highest BCUT2D eigenvalue weighted by Gasteiger charge is 2.12. The zero-order chi connectivity index (χ0) is 20.0. The fraction of sp³-hybridized carbons (Fsp3) is 0. The molecule has 0 radical (unpaired) electrons. The lowest BCUT2D eigenvalue weighted by atomic mass is 10.2. The van der Waals surface area contributed by atoms with Crippen molar-refractivity contribution in [1.82, 2.24) is 0 Å². The SMILES string of the molecule is N#C/C(=C/Nc1ccc(C(=O)O)cc1)C(=O)Nc1ccc(S(=O)(=O)O)cc1. The molecular formula is C17H13N3O6S. The van der Waals surface area contributed by atoms with Crippen molar-refractivity contribution < 1.29 is 27.7 Å². The van der Waals surface area contributed by atoms with Gasteiger partial charge in [0.2, 0.25) is 0 Å². The van der Waals surface area contributed by atoms with Crippen LogP contribution in [0.25, 0.3) is 0 Å². The van der Waals surface area contributed by atoms with Gasteiger partial charge < -0.3 is 15.7 Å². The highest BCUT2D eigenvalue weighted by molar-refractivity contribution is 7.85. The third kappa shape index (κ3) is 5.40. The second kappa shape index (κ2) is 8.13. The van der Waals surface area contributed by atoms with Crippen LogP contribution in [0.4, 0.5) is 11.4 Å². The van der Waals surface area contributed by atoms with Gasteiger partial charge >= 0.3 is 5.97 Å². The van der Waals surface area contributed by atoms with E-state index < -0.39 is 22.0 Å². The van der Waals surface area contributed by atoms with Gasteiger partial charge in [0, 0.05) is 17.6 Å². The predicted molar refractivity (Wildman–Crippen MR) is 95.6 cm³/mol. The molecule has 0 fully saturated rings. The molecule has 0 aliphatic carbocycles. The van der Waals surface area contributed by atoms with Crippen molar-refractivity contribution in [2.24, 2.45) is 0 Å². The van der Waals surface area contributed by atoms with Gasteiger partial charge in [-0.2, -0.15) is 13.7 Å². The summed E-state index contributed by atoms with van der Waals surface area (Å²) in [5.74, 6) is -1.82. The molecule has 27 heavy (non-hydrogen) atoms. The van der Waals surface area contributed by atoms with E-state index in [-0.39, 0.29) is 21.7 Å². The van der Waals surface area contributed by atoms with Gasteiger partial charge in [-0.05, 0) is 48.5 Å². The maximum atomic E-state index is 12.1. The standard InChI is InChI=1S/C17H13N3O6S/c18-9-12(10-19-13-3-1-11(2-4-13)17(22)23)16(21)20-14-5-7-15(8-6-14)27(24,25)26/h1-8,10,19H,(H,20,21)(H,22,23)(H,24,25,26)/b12-10-. The number of carboxylic acids is 1. The lowest BCUT2D eigenvalue weighted by molar-refractivity contribution is -0.112. The van der Waals surface area contributed by atoms with Crippen LogP contribution in [0.3, 0.4) is 0 Å². The Kier molecular flexibility index (Phi) is 5.92. The number of carboxylic acid groups (broad SMARTS) is 1. The van der Waals surface area contributed by atoms with E-state index in [2.05, 4.69) is 10.6 Å². The predicted octanol–water partition coefficient (Wildman–Crippen LogP) is 2.09. The average Bonchev–Trinajstić information content (AvgIpc) is 2.62. The summed E-state index contributed by atoms with van der Waals surface area (Å²) in [6.07, 6.45) is 1.15. The third-order valence-electron chi connectivity index (χ3n) is 3.29. The molecule has 2 aromatic carbocycles. The minimum absolute atomic E-state index is 0.0936. The molecule has 9 nitrogen and oxygen atoms in total. The summed E-state index contributed by atoms with van der Waals surface area (Å²) >= 11 is 0. The molecule has 0 aromatic heterocycles. The smallest absolute Gasteiger partial charge is 0.335 e. The normalized spacial score (nSPS) is 11.3. The second-order valence-corrected chi connectivity index (χ2v) is 6.57. The van der Waals surface area contributed by atoms with Crippen molar-refractivity contribution in [3.05, 3.63) is 65.9 Å². The highest BCUT2D eigenvalue weighted by atomic mass is 32.2. The molecule has 0 spiro atoms. The van der Waals surface area contributed by atoms with E-state index in [1.165, 1.54) is 36.4 Å². The Balaban J connectivity index is 2.07. The number of nitrogens with zero attached hydrogens (tertiary/aromatic N) is 1. The van der Waals surface area contributed by atoms with Crippen LogP contribution in [0, 0.1) is 11.3 Å². The Labute approximate surface area is 154 Å². The van der Waals surface area contributed by atoms with Crippen molar-refractivity contribution in [2.45, 2.75) is 4.90 Å². The Hall–Kier alpha value is -3.68. The number of benzene rings is 2. The fourth-order valence-corrected chi connectivity index (χ4v) is 2.40. The lowest BCUT2D eigenvalue weighted by Gasteiger charge is -2.06. The molecule has 0 unspecified atom stereocenters. The molecule has 0 aliphatic heterocycles. The summed E-state index contributed by atoms with van der Waals surface area (Å²) in [6.45, 7) is 0. The number of rotatable bonds is 6. The van der Waals surface area contributed by atoms with E-state index in [9.17, 15) is 18.0 Å². The van der Waals surface area contributed by atoms with Gasteiger partial charge in [0.1, 0.15) is 11.6 Å². The maximum absolute atomic E-state index is 12.1. The first-order chi connectivity index (χ1) is 12.7. The van der Waals surface area contributed by atoms with E-state index in [4.69, 9.17) is 14.9 Å². The van der Waals surface area contributed by atoms with Crippen LogP contribution in [-0.2, 0) is 14.9 Å². The van der Waals surface area contributed by atoms with E-state index in [1.807, 2.05) is 0 Å². The first-order valence-corrected chi connectivity index (χ1v) is 8.74. The quantitative estimate of drug-likeness (QED) is 0.333. The monoisotopic (exact) mass is 387 g/mol. The summed E-state index contributed by atoms with van der Waals surface area (Å²) < 4.78 is 30.9. The Morgan fingerprint density at radius 1 is 1.00 bits per heavy atom. The second-order valence-electron chi connectivity index (χ2n) is 5.15. The number of aromatic carboxylic acids is 1. The molecule has 1 amide bonds. The lowest BCUT2D eigenvalue weighted by Crippen LogP contribution is -2.14. The molecule has 0 atom stereocenters. The zero-order valence-electron chi connectivity index (χ0n) is 13.6. The van der Waals surface area contributed by atoms with Gasteiger partial charge in [-0.3, -0.25) is 9.35 Å². The minimum Gasteiger partial charge on any atom is -0.478 e. The van der Waals surface area contributed by atoms with Gasteiger partial charge in [0.25, 0.3) is 16.0 Å². The van der Waals surface area contributed by atoms with Gasteiger partial charge in [-0.1, -0.05) is 0 Å². The number of hydrogen-bond acceptors (Lipinski definition) is 6. The van der Waals surface area contributed by atoms with Crippen LogP contribution in [0.5, 0.6) is 0 Å². The van der Waals surface area contributed by atoms with Crippen LogP contribution in [-0.4, -0.2) is 30.0 Å². The van der Waals surface area contributed by atoms with Crippen molar-refractivity contribution >= 4 is 33.4 Å². The van der Waals surface area contributed by atoms with Crippen molar-refractivity contribution in [1.29, 1.82) is 5.26 Å². The van der Waals surface area contributed by atoms with Crippen molar-refractivity contribution in [3.8, 4) is 6.07 Å². The van der Waals surface area contributed by atoms with E-state index >= 15 is 0 Å². The van der Waals surface area contributed by atoms with Crippen LogP contribution in [0.2, 0.25) is 0 Å². The fourth-order valence-electron chi connectivity index (χ4n) is 1.92. The molecule has 0 aliphatic rings. The summed E-state index contributed by atoms with van der Waals surface area (Å²) in [5, 5.41) is 23.1. The Bertz CT molecular complexity index is 1040. The summed E-state index contributed by atoms with van der Waals surface area (Å²) in [5.41, 5.74) is 0.518. The highest BCUT2D eigenvalue weighted by Crippen LogP contribution is 2.15. The molecule has 0 saturated heterocycles. The zero-order valence-corrected chi connectivity index (χ0v) is 14.4. The molecule has 0 bridgehead atoms. The van der Waals surface area contributed by atoms with E-state index in [0.717, 1.165) is 18.3 Å². The number of carbonyl (C=O) groups is 2. The Morgan fingerprint density at radius 3 is 2.04 bits per heavy atom. The molecule has 2 aromatic rings.